The molecule has 0 radical (unpaired) electrons. The Labute approximate surface area is 171 Å². The molecule has 29 heavy (non-hydrogen) atoms. The van der Waals surface area contributed by atoms with Crippen LogP contribution in [0.3, 0.4) is 0 Å². The van der Waals surface area contributed by atoms with Crippen molar-refractivity contribution in [2.24, 2.45) is 0 Å². The number of carbonyl (C=O) groups excluding carboxylic acids is 2. The first-order chi connectivity index (χ1) is 13.8. The van der Waals surface area contributed by atoms with E-state index in [-0.39, 0.29) is 12.1 Å². The van der Waals surface area contributed by atoms with E-state index in [1.165, 1.54) is 7.11 Å². The highest BCUT2D eigenvalue weighted by Crippen LogP contribution is 2.28. The molecule has 2 aromatic carbocycles. The molecule has 6 nitrogen and oxygen atoms in total. The minimum Gasteiger partial charge on any atom is -0.465 e. The second kappa shape index (κ2) is 8.55. The molecule has 1 aliphatic heterocycles. The van der Waals surface area contributed by atoms with Gasteiger partial charge in [-0.25, -0.2) is 9.59 Å². The molecule has 0 saturated carbocycles. The molecule has 0 unspecified atom stereocenters. The maximum Gasteiger partial charge on any atom is 0.410 e. The van der Waals surface area contributed by atoms with Crippen molar-refractivity contribution in [3.05, 3.63) is 64.7 Å². The average Bonchev–Trinajstić information content (AvgIpc) is 2.70. The van der Waals surface area contributed by atoms with E-state index in [1.54, 1.807) is 4.90 Å². The maximum absolute atomic E-state index is 12.5. The Morgan fingerprint density at radius 3 is 2.48 bits per heavy atom. The number of amides is 1. The number of rotatable bonds is 4. The van der Waals surface area contributed by atoms with Gasteiger partial charge in [0, 0.05) is 25.3 Å². The molecule has 0 atom stereocenters. The summed E-state index contributed by atoms with van der Waals surface area (Å²) in [7, 11) is 1.38. The third-order valence-corrected chi connectivity index (χ3v) is 4.73. The van der Waals surface area contributed by atoms with Gasteiger partial charge in [0.25, 0.3) is 0 Å². The monoisotopic (exact) mass is 396 g/mol. The van der Waals surface area contributed by atoms with Gasteiger partial charge in [0.2, 0.25) is 0 Å². The standard InChI is InChI=1S/C23H28N2O4/c1-23(2,3)29-22(27)25-11-10-17-12-19(21(26)28-4)20(13-18(17)15-25)24-14-16-8-6-5-7-9-16/h5-9,12-13,24H,10-11,14-15H2,1-4H3. The van der Waals surface area contributed by atoms with Gasteiger partial charge in [-0.2, -0.15) is 0 Å². The molecule has 3 rings (SSSR count). The van der Waals surface area contributed by atoms with Gasteiger partial charge in [-0.15, -0.1) is 0 Å². The number of ether oxygens (including phenoxy) is 2. The van der Waals surface area contributed by atoms with Gasteiger partial charge in [-0.1, -0.05) is 30.3 Å². The quantitative estimate of drug-likeness (QED) is 0.777. The van der Waals surface area contributed by atoms with Crippen LogP contribution < -0.4 is 5.32 Å². The largest absolute Gasteiger partial charge is 0.465 e. The highest BCUT2D eigenvalue weighted by atomic mass is 16.6. The Balaban J connectivity index is 1.84. The lowest BCUT2D eigenvalue weighted by Crippen LogP contribution is -2.40. The number of nitrogens with one attached hydrogen (secondary N) is 1. The molecule has 0 bridgehead atoms. The van der Waals surface area contributed by atoms with Gasteiger partial charge in [0.15, 0.2) is 0 Å². The second-order valence-electron chi connectivity index (χ2n) is 8.15. The van der Waals surface area contributed by atoms with E-state index in [1.807, 2.05) is 63.2 Å². The van der Waals surface area contributed by atoms with Crippen molar-refractivity contribution >= 4 is 17.7 Å². The van der Waals surface area contributed by atoms with Crippen molar-refractivity contribution in [2.45, 2.75) is 45.9 Å². The lowest BCUT2D eigenvalue weighted by Gasteiger charge is -2.31. The van der Waals surface area contributed by atoms with Crippen molar-refractivity contribution in [3.63, 3.8) is 0 Å². The summed E-state index contributed by atoms with van der Waals surface area (Å²) >= 11 is 0. The smallest absolute Gasteiger partial charge is 0.410 e. The van der Waals surface area contributed by atoms with Gasteiger partial charge in [-0.05, 0) is 56.0 Å². The minimum absolute atomic E-state index is 0.320. The highest BCUT2D eigenvalue weighted by molar-refractivity contribution is 5.96. The van der Waals surface area contributed by atoms with Crippen LogP contribution in [0.2, 0.25) is 0 Å². The number of benzene rings is 2. The third kappa shape index (κ3) is 5.28. The molecule has 6 heteroatoms. The van der Waals surface area contributed by atoms with Crippen molar-refractivity contribution in [1.29, 1.82) is 0 Å². The van der Waals surface area contributed by atoms with E-state index >= 15 is 0 Å². The van der Waals surface area contributed by atoms with Crippen LogP contribution in [0.5, 0.6) is 0 Å². The highest BCUT2D eigenvalue weighted by Gasteiger charge is 2.27. The van der Waals surface area contributed by atoms with E-state index in [9.17, 15) is 9.59 Å². The number of methoxy groups -OCH3 is 1. The van der Waals surface area contributed by atoms with Crippen LogP contribution in [0.1, 0.15) is 47.8 Å². The van der Waals surface area contributed by atoms with Crippen LogP contribution in [0.25, 0.3) is 0 Å². The number of hydrogen-bond donors (Lipinski definition) is 1. The molecule has 0 aromatic heterocycles. The number of esters is 1. The van der Waals surface area contributed by atoms with Crippen molar-refractivity contribution in [1.82, 2.24) is 4.90 Å². The van der Waals surface area contributed by atoms with Crippen LogP contribution in [0.4, 0.5) is 10.5 Å². The van der Waals surface area contributed by atoms with E-state index in [2.05, 4.69) is 5.32 Å². The summed E-state index contributed by atoms with van der Waals surface area (Å²) in [4.78, 5) is 26.5. The molecule has 0 spiro atoms. The number of anilines is 1. The molecule has 0 fully saturated rings. The van der Waals surface area contributed by atoms with Crippen molar-refractivity contribution in [2.75, 3.05) is 19.0 Å². The summed E-state index contributed by atoms with van der Waals surface area (Å²) in [5, 5.41) is 3.34. The number of fused-ring (bicyclic) bond motifs is 1. The fraction of sp³-hybridized carbons (Fsp3) is 0.391. The van der Waals surface area contributed by atoms with Gasteiger partial charge in [-0.3, -0.25) is 0 Å². The van der Waals surface area contributed by atoms with Crippen LogP contribution in [0.15, 0.2) is 42.5 Å². The van der Waals surface area contributed by atoms with Gasteiger partial charge in [0.05, 0.1) is 12.7 Å². The topological polar surface area (TPSA) is 67.9 Å². The average molecular weight is 396 g/mol. The van der Waals surface area contributed by atoms with Crippen molar-refractivity contribution < 1.29 is 19.1 Å². The molecule has 0 saturated heterocycles. The third-order valence-electron chi connectivity index (χ3n) is 4.73. The molecular weight excluding hydrogens is 368 g/mol. The normalized spacial score (nSPS) is 13.4. The van der Waals surface area contributed by atoms with Crippen LogP contribution in [-0.4, -0.2) is 36.2 Å². The Kier molecular flexibility index (Phi) is 6.11. The SMILES string of the molecule is COC(=O)c1cc2c(cc1NCc1ccccc1)CN(C(=O)OC(C)(C)C)CC2. The Hall–Kier alpha value is -3.02. The molecule has 1 aliphatic rings. The van der Waals surface area contributed by atoms with E-state index < -0.39 is 5.60 Å². The van der Waals surface area contributed by atoms with Gasteiger partial charge in [0.1, 0.15) is 5.60 Å². The summed E-state index contributed by atoms with van der Waals surface area (Å²) in [6.07, 6.45) is 0.344. The first-order valence-electron chi connectivity index (χ1n) is 9.76. The molecule has 1 amide bonds. The van der Waals surface area contributed by atoms with Crippen molar-refractivity contribution in [3.8, 4) is 0 Å². The Bertz CT molecular complexity index is 888. The predicted octanol–water partition coefficient (Wildman–Crippen LogP) is 4.38. The van der Waals surface area contributed by atoms with Crippen LogP contribution in [0, 0.1) is 0 Å². The zero-order valence-electron chi connectivity index (χ0n) is 17.5. The van der Waals surface area contributed by atoms with Gasteiger partial charge < -0.3 is 19.7 Å². The summed E-state index contributed by atoms with van der Waals surface area (Å²) in [5.41, 5.74) is 3.84. The molecule has 0 aliphatic carbocycles. The number of hydrogen-bond acceptors (Lipinski definition) is 5. The second-order valence-corrected chi connectivity index (χ2v) is 8.15. The summed E-state index contributed by atoms with van der Waals surface area (Å²) in [5.74, 6) is -0.377. The first-order valence-corrected chi connectivity index (χ1v) is 9.76. The molecule has 154 valence electrons. The van der Waals surface area contributed by atoms with Crippen LogP contribution >= 0.6 is 0 Å². The molecular formula is C23H28N2O4. The molecule has 1 N–H and O–H groups in total. The summed E-state index contributed by atoms with van der Waals surface area (Å²) in [6.45, 7) is 7.16. The zero-order valence-corrected chi connectivity index (χ0v) is 17.5. The maximum atomic E-state index is 12.5. The molecule has 1 heterocycles. The number of carbonyl (C=O) groups is 2. The summed E-state index contributed by atoms with van der Waals surface area (Å²) in [6, 6.07) is 13.8. The number of nitrogens with zero attached hydrogens (tertiary/aromatic N) is 1. The predicted molar refractivity (Wildman–Crippen MR) is 112 cm³/mol. The minimum atomic E-state index is -0.533. The van der Waals surface area contributed by atoms with E-state index in [0.717, 1.165) is 16.7 Å². The first kappa shape index (κ1) is 20.7. The van der Waals surface area contributed by atoms with Crippen LogP contribution in [-0.2, 0) is 29.0 Å². The Morgan fingerprint density at radius 1 is 1.10 bits per heavy atom. The lowest BCUT2D eigenvalue weighted by molar-refractivity contribution is 0.0223. The van der Waals surface area contributed by atoms with Gasteiger partial charge >= 0.3 is 12.1 Å². The molecule has 2 aromatic rings. The summed E-state index contributed by atoms with van der Waals surface area (Å²) < 4.78 is 10.5. The fourth-order valence-electron chi connectivity index (χ4n) is 3.31. The lowest BCUT2D eigenvalue weighted by atomic mass is 9.95. The van der Waals surface area contributed by atoms with E-state index in [4.69, 9.17) is 9.47 Å². The zero-order chi connectivity index (χ0) is 21.0. The van der Waals surface area contributed by atoms with E-state index in [0.29, 0.717) is 37.3 Å². The fourth-order valence-corrected chi connectivity index (χ4v) is 3.31. The Morgan fingerprint density at radius 2 is 1.83 bits per heavy atom.